The first-order chi connectivity index (χ1) is 13.5. The molecule has 142 valence electrons. The van der Waals surface area contributed by atoms with Crippen molar-refractivity contribution in [1.29, 1.82) is 0 Å². The van der Waals surface area contributed by atoms with Crippen molar-refractivity contribution in [3.63, 3.8) is 0 Å². The number of anilines is 3. The average molecular weight is 393 g/mol. The summed E-state index contributed by atoms with van der Waals surface area (Å²) >= 11 is 1.42. The number of benzene rings is 1. The van der Waals surface area contributed by atoms with Gasteiger partial charge in [0.2, 0.25) is 11.9 Å². The van der Waals surface area contributed by atoms with Crippen LogP contribution in [0.2, 0.25) is 0 Å². The van der Waals surface area contributed by atoms with E-state index in [0.717, 1.165) is 34.8 Å². The number of ketones is 1. The minimum absolute atomic E-state index is 0.00237. The van der Waals surface area contributed by atoms with E-state index in [1.807, 2.05) is 18.2 Å². The van der Waals surface area contributed by atoms with E-state index >= 15 is 0 Å². The quantitative estimate of drug-likeness (QED) is 0.603. The molecule has 1 aliphatic carbocycles. The van der Waals surface area contributed by atoms with Gasteiger partial charge in [-0.15, -0.1) is 0 Å². The fourth-order valence-electron chi connectivity index (χ4n) is 2.84. The molecule has 8 heteroatoms. The van der Waals surface area contributed by atoms with Crippen LogP contribution < -0.4 is 10.6 Å². The zero-order valence-electron chi connectivity index (χ0n) is 15.5. The Morgan fingerprint density at radius 1 is 1.14 bits per heavy atom. The third-order valence-corrected chi connectivity index (χ3v) is 5.32. The monoisotopic (exact) mass is 393 g/mol. The van der Waals surface area contributed by atoms with Crippen LogP contribution in [0.3, 0.4) is 0 Å². The molecule has 0 unspecified atom stereocenters. The van der Waals surface area contributed by atoms with Crippen molar-refractivity contribution in [2.75, 3.05) is 10.6 Å². The number of amides is 1. The van der Waals surface area contributed by atoms with Crippen LogP contribution in [-0.2, 0) is 4.79 Å². The van der Waals surface area contributed by atoms with Crippen LogP contribution in [0, 0.1) is 0 Å². The minimum atomic E-state index is -0.141. The highest BCUT2D eigenvalue weighted by Crippen LogP contribution is 2.46. The predicted octanol–water partition coefficient (Wildman–Crippen LogP) is 4.38. The smallest absolute Gasteiger partial charge is 0.227 e. The first-order valence-electron chi connectivity index (χ1n) is 8.99. The Labute approximate surface area is 166 Å². The molecule has 2 N–H and O–H groups in total. The van der Waals surface area contributed by atoms with Gasteiger partial charge >= 0.3 is 0 Å². The van der Waals surface area contributed by atoms with E-state index in [1.54, 1.807) is 18.3 Å². The Hall–Kier alpha value is -3.13. The molecular formula is C20H19N5O2S. The van der Waals surface area contributed by atoms with Gasteiger partial charge in [-0.05, 0) is 38.0 Å². The van der Waals surface area contributed by atoms with Crippen LogP contribution in [-0.4, -0.2) is 26.6 Å². The Kier molecular flexibility index (Phi) is 4.87. The van der Waals surface area contributed by atoms with Crippen LogP contribution in [0.4, 0.5) is 16.8 Å². The SMILES string of the molecule is CC(=O)Nc1nc(C2CC2)c(-c2ccnc(Nc3cccc(C(C)=O)c3)n2)s1. The topological polar surface area (TPSA) is 96.9 Å². The van der Waals surface area contributed by atoms with E-state index in [1.165, 1.54) is 25.2 Å². The van der Waals surface area contributed by atoms with Gasteiger partial charge in [0.15, 0.2) is 10.9 Å². The van der Waals surface area contributed by atoms with Gasteiger partial charge < -0.3 is 10.6 Å². The molecule has 3 aromatic rings. The van der Waals surface area contributed by atoms with Crippen molar-refractivity contribution in [3.8, 4) is 10.6 Å². The predicted molar refractivity (Wildman–Crippen MR) is 109 cm³/mol. The fraction of sp³-hybridized carbons (Fsp3) is 0.250. The maximum absolute atomic E-state index is 11.6. The van der Waals surface area contributed by atoms with E-state index in [2.05, 4.69) is 25.6 Å². The molecule has 4 rings (SSSR count). The highest BCUT2D eigenvalue weighted by Gasteiger charge is 2.31. The number of nitrogens with zero attached hydrogens (tertiary/aromatic N) is 3. The van der Waals surface area contributed by atoms with Crippen molar-refractivity contribution >= 4 is 39.8 Å². The lowest BCUT2D eigenvalue weighted by molar-refractivity contribution is -0.114. The summed E-state index contributed by atoms with van der Waals surface area (Å²) in [6.45, 7) is 3.01. The summed E-state index contributed by atoms with van der Waals surface area (Å²) in [5.74, 6) is 0.724. The van der Waals surface area contributed by atoms with Crippen molar-refractivity contribution < 1.29 is 9.59 Å². The van der Waals surface area contributed by atoms with Gasteiger partial charge in [0.05, 0.1) is 16.3 Å². The minimum Gasteiger partial charge on any atom is -0.324 e. The Morgan fingerprint density at radius 3 is 2.68 bits per heavy atom. The van der Waals surface area contributed by atoms with E-state index in [-0.39, 0.29) is 11.7 Å². The molecule has 7 nitrogen and oxygen atoms in total. The molecule has 1 fully saturated rings. The van der Waals surface area contributed by atoms with Crippen LogP contribution in [0.25, 0.3) is 10.6 Å². The summed E-state index contributed by atoms with van der Waals surface area (Å²) in [4.78, 5) is 37.4. The summed E-state index contributed by atoms with van der Waals surface area (Å²) in [7, 11) is 0. The highest BCUT2D eigenvalue weighted by molar-refractivity contribution is 7.19. The maximum Gasteiger partial charge on any atom is 0.227 e. The standard InChI is InChI=1S/C20H19N5O2S/c1-11(26)14-4-3-5-15(10-14)23-19-21-9-8-16(24-19)18-17(13-6-7-13)25-20(28-18)22-12(2)27/h3-5,8-10,13H,6-7H2,1-2H3,(H,21,23,24)(H,22,25,27). The number of carbonyl (C=O) groups is 2. The van der Waals surface area contributed by atoms with Crippen molar-refractivity contribution in [2.24, 2.45) is 0 Å². The zero-order chi connectivity index (χ0) is 19.7. The molecule has 1 saturated carbocycles. The van der Waals surface area contributed by atoms with Gasteiger partial charge in [-0.2, -0.15) is 0 Å². The molecular weight excluding hydrogens is 374 g/mol. The average Bonchev–Trinajstić information content (AvgIpc) is 3.42. The molecule has 28 heavy (non-hydrogen) atoms. The number of thiazole rings is 1. The summed E-state index contributed by atoms with van der Waals surface area (Å²) in [6, 6.07) is 9.06. The lowest BCUT2D eigenvalue weighted by Gasteiger charge is -2.07. The van der Waals surface area contributed by atoms with Gasteiger partial charge in [-0.25, -0.2) is 15.0 Å². The van der Waals surface area contributed by atoms with Gasteiger partial charge in [0.25, 0.3) is 0 Å². The molecule has 0 bridgehead atoms. The van der Waals surface area contributed by atoms with Crippen molar-refractivity contribution in [2.45, 2.75) is 32.6 Å². The van der Waals surface area contributed by atoms with Crippen molar-refractivity contribution in [3.05, 3.63) is 47.8 Å². The van der Waals surface area contributed by atoms with Crippen molar-refractivity contribution in [1.82, 2.24) is 15.0 Å². The molecule has 0 radical (unpaired) electrons. The number of hydrogen-bond acceptors (Lipinski definition) is 7. The van der Waals surface area contributed by atoms with Gasteiger partial charge in [-0.1, -0.05) is 23.5 Å². The Morgan fingerprint density at radius 2 is 1.96 bits per heavy atom. The fourth-order valence-corrected chi connectivity index (χ4v) is 3.91. The van der Waals surface area contributed by atoms with Gasteiger partial charge in [-0.3, -0.25) is 9.59 Å². The van der Waals surface area contributed by atoms with Crippen LogP contribution in [0.15, 0.2) is 36.5 Å². The van der Waals surface area contributed by atoms with Gasteiger partial charge in [0.1, 0.15) is 0 Å². The molecule has 1 aromatic carbocycles. The molecule has 2 aromatic heterocycles. The second-order valence-electron chi connectivity index (χ2n) is 6.72. The summed E-state index contributed by atoms with van der Waals surface area (Å²) < 4.78 is 0. The number of hydrogen-bond donors (Lipinski definition) is 2. The number of Topliss-reactive ketones (excluding diaryl/α,β-unsaturated/α-hetero) is 1. The first kappa shape index (κ1) is 18.2. The summed E-state index contributed by atoms with van der Waals surface area (Å²) in [6.07, 6.45) is 3.89. The lowest BCUT2D eigenvalue weighted by Crippen LogP contribution is -2.05. The molecule has 2 heterocycles. The number of carbonyl (C=O) groups excluding carboxylic acids is 2. The third-order valence-electron chi connectivity index (χ3n) is 4.31. The maximum atomic E-state index is 11.6. The van der Waals surface area contributed by atoms with Crippen LogP contribution in [0.1, 0.15) is 48.7 Å². The molecule has 1 aliphatic rings. The van der Waals surface area contributed by atoms with E-state index < -0.39 is 0 Å². The van der Waals surface area contributed by atoms with Crippen LogP contribution >= 0.6 is 11.3 Å². The van der Waals surface area contributed by atoms with Gasteiger partial charge in [0, 0.05) is 30.3 Å². The summed E-state index contributed by atoms with van der Waals surface area (Å²) in [5.41, 5.74) is 3.11. The molecule has 0 aliphatic heterocycles. The molecule has 0 saturated heterocycles. The van der Waals surface area contributed by atoms with E-state index in [0.29, 0.717) is 22.6 Å². The second kappa shape index (κ2) is 7.47. The zero-order valence-corrected chi connectivity index (χ0v) is 16.3. The van der Waals surface area contributed by atoms with E-state index in [9.17, 15) is 9.59 Å². The number of nitrogens with one attached hydrogen (secondary N) is 2. The normalized spacial score (nSPS) is 13.2. The third kappa shape index (κ3) is 4.07. The molecule has 0 atom stereocenters. The number of aromatic nitrogens is 3. The van der Waals surface area contributed by atoms with E-state index in [4.69, 9.17) is 0 Å². The Bertz CT molecular complexity index is 1060. The molecule has 0 spiro atoms. The largest absolute Gasteiger partial charge is 0.324 e. The van der Waals surface area contributed by atoms with Crippen LogP contribution in [0.5, 0.6) is 0 Å². The summed E-state index contributed by atoms with van der Waals surface area (Å²) in [5, 5.41) is 6.51. The highest BCUT2D eigenvalue weighted by atomic mass is 32.1. The first-order valence-corrected chi connectivity index (χ1v) is 9.81. The lowest BCUT2D eigenvalue weighted by atomic mass is 10.1. The molecule has 1 amide bonds. The Balaban J connectivity index is 1.64. The number of rotatable bonds is 6. The second-order valence-corrected chi connectivity index (χ2v) is 7.72.